The topological polar surface area (TPSA) is 93.2 Å². The van der Waals surface area contributed by atoms with Crippen LogP contribution in [0, 0.1) is 0 Å². The van der Waals surface area contributed by atoms with Gasteiger partial charge in [-0.25, -0.2) is 4.68 Å². The van der Waals surface area contributed by atoms with E-state index in [1.807, 2.05) is 48.7 Å². The number of amides is 2. The van der Waals surface area contributed by atoms with Crippen LogP contribution in [0.4, 0.5) is 11.5 Å². The zero-order valence-electron chi connectivity index (χ0n) is 16.1. The van der Waals surface area contributed by atoms with Crippen molar-refractivity contribution in [2.75, 3.05) is 24.2 Å². The quantitative estimate of drug-likeness (QED) is 0.673. The molecule has 3 aromatic rings. The highest BCUT2D eigenvalue weighted by Crippen LogP contribution is 2.29. The van der Waals surface area contributed by atoms with E-state index in [9.17, 15) is 9.59 Å². The molecule has 146 valence electrons. The predicted molar refractivity (Wildman–Crippen MR) is 113 cm³/mol. The highest BCUT2D eigenvalue weighted by Gasteiger charge is 2.18. The molecule has 7 heteroatoms. The maximum Gasteiger partial charge on any atom is 0.251 e. The van der Waals surface area contributed by atoms with Crippen LogP contribution in [0.15, 0.2) is 61.3 Å². The van der Waals surface area contributed by atoms with Crippen LogP contribution in [0.2, 0.25) is 0 Å². The number of nitrogens with zero attached hydrogens (tertiary/aromatic N) is 3. The van der Waals surface area contributed by atoms with Crippen LogP contribution in [0.25, 0.3) is 16.8 Å². The second-order valence-electron chi connectivity index (χ2n) is 6.87. The lowest BCUT2D eigenvalue weighted by molar-refractivity contribution is -0.113. The van der Waals surface area contributed by atoms with Gasteiger partial charge in [0.25, 0.3) is 5.91 Å². The Hall–Kier alpha value is -3.87. The average molecular weight is 387 g/mol. The molecule has 2 aromatic carbocycles. The van der Waals surface area contributed by atoms with Gasteiger partial charge >= 0.3 is 0 Å². The predicted octanol–water partition coefficient (Wildman–Crippen LogP) is 2.56. The van der Waals surface area contributed by atoms with Gasteiger partial charge in [0.05, 0.1) is 5.69 Å². The zero-order valence-corrected chi connectivity index (χ0v) is 16.1. The summed E-state index contributed by atoms with van der Waals surface area (Å²) in [6.07, 6.45) is 3.91. The van der Waals surface area contributed by atoms with Crippen molar-refractivity contribution in [1.82, 2.24) is 15.1 Å². The van der Waals surface area contributed by atoms with E-state index in [1.54, 1.807) is 11.7 Å². The van der Waals surface area contributed by atoms with E-state index in [-0.39, 0.29) is 11.8 Å². The molecule has 2 heterocycles. The lowest BCUT2D eigenvalue weighted by atomic mass is 9.96. The first kappa shape index (κ1) is 18.5. The fraction of sp³-hybridized carbons (Fsp3) is 0.136. The number of nitrogen functional groups attached to an aromatic ring is 1. The van der Waals surface area contributed by atoms with Crippen LogP contribution in [-0.4, -0.2) is 35.2 Å². The molecule has 0 fully saturated rings. The average Bonchev–Trinajstić information content (AvgIpc) is 3.14. The molecule has 1 aromatic heterocycles. The summed E-state index contributed by atoms with van der Waals surface area (Å²) in [6, 6.07) is 13.2. The molecule has 1 aliphatic heterocycles. The largest absolute Gasteiger partial charge is 0.382 e. The van der Waals surface area contributed by atoms with Gasteiger partial charge in [-0.1, -0.05) is 24.8 Å². The van der Waals surface area contributed by atoms with Crippen molar-refractivity contribution in [2.24, 2.45) is 0 Å². The van der Waals surface area contributed by atoms with Crippen molar-refractivity contribution in [1.29, 1.82) is 0 Å². The van der Waals surface area contributed by atoms with E-state index in [4.69, 9.17) is 5.73 Å². The number of rotatable bonds is 4. The Kier molecular flexibility index (Phi) is 4.64. The first-order chi connectivity index (χ1) is 14.0. The molecule has 4 rings (SSSR count). The normalized spacial score (nSPS) is 12.8. The van der Waals surface area contributed by atoms with Crippen molar-refractivity contribution >= 4 is 23.3 Å². The van der Waals surface area contributed by atoms with Crippen LogP contribution in [0.3, 0.4) is 0 Å². The number of carbonyl (C=O) groups is 2. The first-order valence-electron chi connectivity index (χ1n) is 9.25. The van der Waals surface area contributed by atoms with Crippen molar-refractivity contribution in [3.63, 3.8) is 0 Å². The van der Waals surface area contributed by atoms with Crippen molar-refractivity contribution in [3.8, 4) is 16.8 Å². The van der Waals surface area contributed by atoms with Gasteiger partial charge in [0.2, 0.25) is 5.91 Å². The number of aromatic nitrogens is 2. The molecule has 0 saturated carbocycles. The fourth-order valence-electron chi connectivity index (χ4n) is 3.45. The van der Waals surface area contributed by atoms with Gasteiger partial charge in [0.15, 0.2) is 5.82 Å². The monoisotopic (exact) mass is 387 g/mol. The molecule has 0 unspecified atom stereocenters. The Morgan fingerprint density at radius 3 is 2.90 bits per heavy atom. The number of fused-ring (bicyclic) bond motifs is 1. The molecular weight excluding hydrogens is 366 g/mol. The molecule has 1 aliphatic rings. The fourth-order valence-corrected chi connectivity index (χ4v) is 3.45. The summed E-state index contributed by atoms with van der Waals surface area (Å²) in [5.41, 5.74) is 11.1. The minimum atomic E-state index is -0.194. The number of likely N-dealkylation sites (N-methyl/N-ethyl adjacent to an activating group) is 1. The maximum absolute atomic E-state index is 12.0. The van der Waals surface area contributed by atoms with Gasteiger partial charge in [-0.15, -0.1) is 0 Å². The number of hydrogen-bond donors (Lipinski definition) is 2. The minimum Gasteiger partial charge on any atom is -0.382 e. The molecule has 0 saturated heterocycles. The molecule has 3 N–H and O–H groups in total. The number of benzene rings is 2. The Morgan fingerprint density at radius 1 is 1.28 bits per heavy atom. The molecule has 2 amide bonds. The van der Waals surface area contributed by atoms with Crippen molar-refractivity contribution in [3.05, 3.63) is 72.4 Å². The lowest BCUT2D eigenvalue weighted by Crippen LogP contribution is -2.31. The summed E-state index contributed by atoms with van der Waals surface area (Å²) < 4.78 is 1.69. The Balaban J connectivity index is 1.70. The first-order valence-corrected chi connectivity index (χ1v) is 9.25. The van der Waals surface area contributed by atoms with Crippen LogP contribution >= 0.6 is 0 Å². The lowest BCUT2D eigenvalue weighted by Gasteiger charge is -2.17. The van der Waals surface area contributed by atoms with E-state index in [0.29, 0.717) is 17.9 Å². The van der Waals surface area contributed by atoms with Gasteiger partial charge in [-0.2, -0.15) is 5.10 Å². The number of carbonyl (C=O) groups excluding carboxylic acids is 2. The third-order valence-electron chi connectivity index (χ3n) is 5.07. The van der Waals surface area contributed by atoms with Crippen molar-refractivity contribution in [2.45, 2.75) is 6.42 Å². The summed E-state index contributed by atoms with van der Waals surface area (Å²) in [5, 5.41) is 7.29. The Bertz CT molecular complexity index is 1130. The van der Waals surface area contributed by atoms with E-state index in [1.165, 1.54) is 11.0 Å². The molecule has 0 bridgehead atoms. The van der Waals surface area contributed by atoms with Gasteiger partial charge in [0, 0.05) is 36.6 Å². The second-order valence-corrected chi connectivity index (χ2v) is 6.87. The van der Waals surface area contributed by atoms with Gasteiger partial charge < -0.3 is 16.0 Å². The highest BCUT2D eigenvalue weighted by atomic mass is 16.2. The third-order valence-corrected chi connectivity index (χ3v) is 5.07. The van der Waals surface area contributed by atoms with E-state index < -0.39 is 0 Å². The van der Waals surface area contributed by atoms with Crippen LogP contribution in [-0.2, 0) is 11.2 Å². The maximum atomic E-state index is 12.0. The standard InChI is InChI=1S/C22H21N5O2/c1-3-20(28)26(2)16-5-4-6-17(12-16)27-13-19(21(23)25-27)14-7-8-18-15(11-14)9-10-24-22(18)29/h3-8,11-13H,1,9-10H2,2H3,(H2,23,25)(H,24,29). The summed E-state index contributed by atoms with van der Waals surface area (Å²) in [7, 11) is 1.69. The molecule has 29 heavy (non-hydrogen) atoms. The highest BCUT2D eigenvalue weighted by molar-refractivity contribution is 6.00. The SMILES string of the molecule is C=CC(=O)N(C)c1cccc(-n2cc(-c3ccc4c(c3)CCNC4=O)c(N)n2)c1. The molecule has 0 spiro atoms. The molecule has 0 atom stereocenters. The van der Waals surface area contributed by atoms with Crippen LogP contribution in [0.5, 0.6) is 0 Å². The van der Waals surface area contributed by atoms with E-state index in [0.717, 1.165) is 34.5 Å². The summed E-state index contributed by atoms with van der Waals surface area (Å²) >= 11 is 0. The number of nitrogens with one attached hydrogen (secondary N) is 1. The molecule has 0 radical (unpaired) electrons. The van der Waals surface area contributed by atoms with E-state index in [2.05, 4.69) is 17.0 Å². The van der Waals surface area contributed by atoms with Gasteiger partial charge in [-0.3, -0.25) is 9.59 Å². The minimum absolute atomic E-state index is 0.0449. The van der Waals surface area contributed by atoms with E-state index >= 15 is 0 Å². The molecule has 0 aliphatic carbocycles. The third kappa shape index (κ3) is 3.38. The van der Waals surface area contributed by atoms with Gasteiger partial charge in [0.1, 0.15) is 0 Å². The van der Waals surface area contributed by atoms with Gasteiger partial charge in [-0.05, 0) is 47.9 Å². The summed E-state index contributed by atoms with van der Waals surface area (Å²) in [5.74, 6) is 0.156. The summed E-state index contributed by atoms with van der Waals surface area (Å²) in [4.78, 5) is 25.4. The summed E-state index contributed by atoms with van der Waals surface area (Å²) in [6.45, 7) is 4.15. The van der Waals surface area contributed by atoms with Crippen LogP contribution < -0.4 is 16.0 Å². The van der Waals surface area contributed by atoms with Crippen molar-refractivity contribution < 1.29 is 9.59 Å². The Labute approximate surface area is 168 Å². The molecular formula is C22H21N5O2. The van der Waals surface area contributed by atoms with Crippen LogP contribution in [0.1, 0.15) is 15.9 Å². The smallest absolute Gasteiger partial charge is 0.251 e. The zero-order chi connectivity index (χ0) is 20.5. The number of anilines is 2. The number of nitrogens with two attached hydrogens (primary N) is 1. The molecule has 7 nitrogen and oxygen atoms in total. The second kappa shape index (κ2) is 7.27. The Morgan fingerprint density at radius 2 is 2.10 bits per heavy atom. The number of hydrogen-bond acceptors (Lipinski definition) is 4.